The molecule has 1 amide bonds. The third-order valence-corrected chi connectivity index (χ3v) is 5.08. The van der Waals surface area contributed by atoms with Crippen LogP contribution in [0.2, 0.25) is 0 Å². The summed E-state index contributed by atoms with van der Waals surface area (Å²) in [6.07, 6.45) is 2.16. The number of anilines is 1. The topological polar surface area (TPSA) is 68.0 Å². The molecular formula is C16H21N3O2S. The van der Waals surface area contributed by atoms with Crippen LogP contribution in [-0.2, 0) is 11.8 Å². The standard InChI is InChI=1S/C16H21N3O2S/c1-8(2)14-17-9(3)11(21-14)13(20)19-15-18-12-10(22-15)6-7-16(12,4)5/h8H,6-7H2,1-5H3,(H,18,19,20). The van der Waals surface area contributed by atoms with Gasteiger partial charge in [-0.2, -0.15) is 0 Å². The largest absolute Gasteiger partial charge is 0.435 e. The Hall–Kier alpha value is -1.69. The molecule has 0 unspecified atom stereocenters. The molecule has 2 aromatic heterocycles. The first-order chi connectivity index (χ1) is 10.3. The summed E-state index contributed by atoms with van der Waals surface area (Å²) < 4.78 is 5.58. The molecule has 0 aliphatic heterocycles. The van der Waals surface area contributed by atoms with E-state index in [4.69, 9.17) is 4.42 Å². The van der Waals surface area contributed by atoms with E-state index >= 15 is 0 Å². The van der Waals surface area contributed by atoms with Gasteiger partial charge in [0, 0.05) is 16.2 Å². The van der Waals surface area contributed by atoms with Gasteiger partial charge in [-0.3, -0.25) is 10.1 Å². The normalized spacial score (nSPS) is 16.1. The number of carbonyl (C=O) groups is 1. The Labute approximate surface area is 134 Å². The molecule has 1 aliphatic carbocycles. The fourth-order valence-corrected chi connectivity index (χ4v) is 3.81. The van der Waals surface area contributed by atoms with Crippen LogP contribution in [0.5, 0.6) is 0 Å². The minimum absolute atomic E-state index is 0.0990. The summed E-state index contributed by atoms with van der Waals surface area (Å²) in [7, 11) is 0. The van der Waals surface area contributed by atoms with Crippen LogP contribution in [0, 0.1) is 6.92 Å². The zero-order valence-electron chi connectivity index (χ0n) is 13.6. The van der Waals surface area contributed by atoms with Crippen molar-refractivity contribution in [1.82, 2.24) is 9.97 Å². The quantitative estimate of drug-likeness (QED) is 0.927. The van der Waals surface area contributed by atoms with E-state index in [1.54, 1.807) is 18.3 Å². The van der Waals surface area contributed by atoms with Gasteiger partial charge in [-0.15, -0.1) is 11.3 Å². The molecule has 0 atom stereocenters. The van der Waals surface area contributed by atoms with Gasteiger partial charge in [0.2, 0.25) is 5.76 Å². The minimum Gasteiger partial charge on any atom is -0.435 e. The summed E-state index contributed by atoms with van der Waals surface area (Å²) in [4.78, 5) is 22.6. The van der Waals surface area contributed by atoms with E-state index in [0.717, 1.165) is 18.5 Å². The number of aromatic nitrogens is 2. The zero-order chi connectivity index (χ0) is 16.1. The molecule has 0 bridgehead atoms. The molecule has 118 valence electrons. The number of carbonyl (C=O) groups excluding carboxylic acids is 1. The molecule has 0 fully saturated rings. The number of hydrogen-bond acceptors (Lipinski definition) is 5. The van der Waals surface area contributed by atoms with Gasteiger partial charge in [-0.05, 0) is 19.8 Å². The first-order valence-corrected chi connectivity index (χ1v) is 8.38. The van der Waals surface area contributed by atoms with E-state index in [-0.39, 0.29) is 23.0 Å². The summed E-state index contributed by atoms with van der Waals surface area (Å²) in [5, 5.41) is 3.50. The minimum atomic E-state index is -0.276. The molecule has 3 rings (SSSR count). The Morgan fingerprint density at radius 2 is 2.09 bits per heavy atom. The van der Waals surface area contributed by atoms with Crippen molar-refractivity contribution in [3.8, 4) is 0 Å². The van der Waals surface area contributed by atoms with E-state index in [0.29, 0.717) is 16.7 Å². The lowest BCUT2D eigenvalue weighted by atomic mass is 9.91. The molecule has 0 aromatic carbocycles. The van der Waals surface area contributed by atoms with Crippen LogP contribution in [0.4, 0.5) is 5.13 Å². The van der Waals surface area contributed by atoms with Crippen molar-refractivity contribution in [2.24, 2.45) is 0 Å². The Kier molecular flexibility index (Phi) is 3.59. The molecule has 2 aromatic rings. The molecule has 0 spiro atoms. The maximum atomic E-state index is 12.4. The number of fused-ring (bicyclic) bond motifs is 1. The van der Waals surface area contributed by atoms with Gasteiger partial charge in [0.05, 0.1) is 11.4 Å². The second kappa shape index (κ2) is 5.19. The molecular weight excluding hydrogens is 298 g/mol. The number of amides is 1. The van der Waals surface area contributed by atoms with Gasteiger partial charge in [0.25, 0.3) is 5.91 Å². The number of nitrogens with one attached hydrogen (secondary N) is 1. The van der Waals surface area contributed by atoms with Crippen molar-refractivity contribution in [3.05, 3.63) is 27.9 Å². The Morgan fingerprint density at radius 1 is 1.36 bits per heavy atom. The highest BCUT2D eigenvalue weighted by molar-refractivity contribution is 7.16. The van der Waals surface area contributed by atoms with Gasteiger partial charge in [-0.25, -0.2) is 9.97 Å². The van der Waals surface area contributed by atoms with Crippen LogP contribution in [-0.4, -0.2) is 15.9 Å². The van der Waals surface area contributed by atoms with Crippen molar-refractivity contribution in [3.63, 3.8) is 0 Å². The number of rotatable bonds is 3. The van der Waals surface area contributed by atoms with Crippen LogP contribution >= 0.6 is 11.3 Å². The number of hydrogen-bond donors (Lipinski definition) is 1. The van der Waals surface area contributed by atoms with E-state index in [1.165, 1.54) is 4.88 Å². The second-order valence-electron chi connectivity index (χ2n) is 6.75. The highest BCUT2D eigenvalue weighted by Gasteiger charge is 2.34. The van der Waals surface area contributed by atoms with E-state index in [9.17, 15) is 4.79 Å². The van der Waals surface area contributed by atoms with E-state index < -0.39 is 0 Å². The van der Waals surface area contributed by atoms with Crippen LogP contribution in [0.25, 0.3) is 0 Å². The SMILES string of the molecule is Cc1nc(C(C)C)oc1C(=O)Nc1nc2c(s1)CCC2(C)C. The summed E-state index contributed by atoms with van der Waals surface area (Å²) in [5.74, 6) is 0.746. The first kappa shape index (κ1) is 15.2. The lowest BCUT2D eigenvalue weighted by Crippen LogP contribution is -2.15. The zero-order valence-corrected chi connectivity index (χ0v) is 14.4. The Bertz CT molecular complexity index is 728. The van der Waals surface area contributed by atoms with Crippen molar-refractivity contribution >= 4 is 22.4 Å². The predicted octanol–water partition coefficient (Wildman–Crippen LogP) is 4.04. The molecule has 2 heterocycles. The highest BCUT2D eigenvalue weighted by atomic mass is 32.1. The molecule has 1 N–H and O–H groups in total. The molecule has 22 heavy (non-hydrogen) atoms. The van der Waals surface area contributed by atoms with Crippen LogP contribution < -0.4 is 5.32 Å². The second-order valence-corrected chi connectivity index (χ2v) is 7.83. The Balaban J connectivity index is 1.81. The van der Waals surface area contributed by atoms with Gasteiger partial charge in [0.15, 0.2) is 11.0 Å². The molecule has 0 saturated heterocycles. The predicted molar refractivity (Wildman–Crippen MR) is 86.7 cm³/mol. The maximum Gasteiger partial charge on any atom is 0.295 e. The first-order valence-electron chi connectivity index (χ1n) is 7.57. The third-order valence-electron chi connectivity index (χ3n) is 4.05. The molecule has 6 heteroatoms. The molecule has 0 saturated carbocycles. The highest BCUT2D eigenvalue weighted by Crippen LogP contribution is 2.42. The van der Waals surface area contributed by atoms with Crippen LogP contribution in [0.15, 0.2) is 4.42 Å². The maximum absolute atomic E-state index is 12.4. The Morgan fingerprint density at radius 3 is 2.68 bits per heavy atom. The summed E-state index contributed by atoms with van der Waals surface area (Å²) >= 11 is 1.56. The van der Waals surface area contributed by atoms with E-state index in [1.807, 2.05) is 13.8 Å². The average Bonchev–Trinajstić information content (AvgIpc) is 3.06. The van der Waals surface area contributed by atoms with Crippen molar-refractivity contribution in [1.29, 1.82) is 0 Å². The van der Waals surface area contributed by atoms with Crippen molar-refractivity contribution in [2.75, 3.05) is 5.32 Å². The summed E-state index contributed by atoms with van der Waals surface area (Å²) in [6, 6.07) is 0. The third kappa shape index (κ3) is 2.56. The van der Waals surface area contributed by atoms with E-state index in [2.05, 4.69) is 29.1 Å². The fourth-order valence-electron chi connectivity index (χ4n) is 2.68. The molecule has 1 aliphatic rings. The number of thiazole rings is 1. The molecule has 5 nitrogen and oxygen atoms in total. The van der Waals surface area contributed by atoms with Gasteiger partial charge in [0.1, 0.15) is 0 Å². The van der Waals surface area contributed by atoms with Crippen LogP contribution in [0.1, 0.15) is 72.7 Å². The number of nitrogens with zero attached hydrogens (tertiary/aromatic N) is 2. The van der Waals surface area contributed by atoms with Crippen molar-refractivity contribution in [2.45, 2.75) is 58.8 Å². The average molecular weight is 319 g/mol. The lowest BCUT2D eigenvalue weighted by molar-refractivity contribution is 0.0993. The van der Waals surface area contributed by atoms with Gasteiger partial charge < -0.3 is 4.42 Å². The van der Waals surface area contributed by atoms with Gasteiger partial charge >= 0.3 is 0 Å². The summed E-state index contributed by atoms with van der Waals surface area (Å²) in [6.45, 7) is 10.1. The fraction of sp³-hybridized carbons (Fsp3) is 0.562. The van der Waals surface area contributed by atoms with Crippen LogP contribution in [0.3, 0.4) is 0 Å². The number of oxazole rings is 1. The smallest absolute Gasteiger partial charge is 0.295 e. The monoisotopic (exact) mass is 319 g/mol. The molecule has 0 radical (unpaired) electrons. The van der Waals surface area contributed by atoms with Gasteiger partial charge in [-0.1, -0.05) is 27.7 Å². The van der Waals surface area contributed by atoms with Crippen molar-refractivity contribution < 1.29 is 9.21 Å². The lowest BCUT2D eigenvalue weighted by Gasteiger charge is -2.15. The summed E-state index contributed by atoms with van der Waals surface area (Å²) in [5.41, 5.74) is 1.83. The number of aryl methyl sites for hydroxylation is 2.